The van der Waals surface area contributed by atoms with Gasteiger partial charge in [-0.1, -0.05) is 12.1 Å². The van der Waals surface area contributed by atoms with Gasteiger partial charge < -0.3 is 9.13 Å². The fourth-order valence-corrected chi connectivity index (χ4v) is 3.03. The summed E-state index contributed by atoms with van der Waals surface area (Å²) in [5.41, 5.74) is 0.229. The highest BCUT2D eigenvalue weighted by atomic mass is 19.1. The Morgan fingerprint density at radius 3 is 2.46 bits per heavy atom. The van der Waals surface area contributed by atoms with Gasteiger partial charge in [0.25, 0.3) is 0 Å². The Kier molecular flexibility index (Phi) is 4.20. The monoisotopic (exact) mass is 352 g/mol. The zero-order valence-corrected chi connectivity index (χ0v) is 14.0. The van der Waals surface area contributed by atoms with Crippen molar-refractivity contribution < 1.29 is 4.39 Å². The molecule has 0 N–H and O–H groups in total. The van der Waals surface area contributed by atoms with E-state index < -0.39 is 11.1 Å². The van der Waals surface area contributed by atoms with Crippen LogP contribution in [0.3, 0.4) is 0 Å². The number of rotatable bonds is 4. The van der Waals surface area contributed by atoms with Crippen LogP contribution in [0.1, 0.15) is 31.0 Å². The van der Waals surface area contributed by atoms with Crippen molar-refractivity contribution >= 4 is 0 Å². The summed E-state index contributed by atoms with van der Waals surface area (Å²) < 4.78 is 16.7. The van der Waals surface area contributed by atoms with E-state index >= 15 is 0 Å². The maximum absolute atomic E-state index is 13.8. The molecule has 26 heavy (non-hydrogen) atoms. The zero-order chi connectivity index (χ0) is 18.1. The van der Waals surface area contributed by atoms with E-state index in [0.29, 0.717) is 17.0 Å². The lowest BCUT2D eigenvalue weighted by Crippen LogP contribution is -2.43. The van der Waals surface area contributed by atoms with Gasteiger partial charge >= 0.3 is 11.1 Å². The Bertz CT molecular complexity index is 1050. The molecule has 132 valence electrons. The van der Waals surface area contributed by atoms with E-state index in [1.807, 2.05) is 0 Å². The van der Waals surface area contributed by atoms with Crippen molar-refractivity contribution in [3.63, 3.8) is 0 Å². The van der Waals surface area contributed by atoms with E-state index in [-0.39, 0.29) is 18.4 Å². The molecule has 0 atom stereocenters. The molecule has 0 saturated heterocycles. The molecule has 1 aliphatic rings. The lowest BCUT2D eigenvalue weighted by atomic mass is 9.93. The van der Waals surface area contributed by atoms with Crippen molar-refractivity contribution in [2.24, 2.45) is 0 Å². The van der Waals surface area contributed by atoms with Gasteiger partial charge in [0.2, 0.25) is 0 Å². The smallest absolute Gasteiger partial charge is 0.306 e. The predicted molar refractivity (Wildman–Crippen MR) is 94.4 cm³/mol. The molecule has 6 nitrogen and oxygen atoms in total. The molecule has 3 aromatic rings. The second-order valence-electron chi connectivity index (χ2n) is 6.42. The molecule has 0 bridgehead atoms. The number of hydrogen-bond acceptors (Lipinski definition) is 4. The summed E-state index contributed by atoms with van der Waals surface area (Å²) >= 11 is 0. The van der Waals surface area contributed by atoms with E-state index in [9.17, 15) is 14.0 Å². The number of hydrogen-bond donors (Lipinski definition) is 0. The topological polar surface area (TPSA) is 69.8 Å². The van der Waals surface area contributed by atoms with Crippen LogP contribution in [0, 0.1) is 5.82 Å². The van der Waals surface area contributed by atoms with Crippen LogP contribution in [0.25, 0.3) is 11.3 Å². The fraction of sp³-hybridized carbons (Fsp3) is 0.263. The van der Waals surface area contributed by atoms with Crippen LogP contribution in [0.5, 0.6) is 0 Å². The third-order valence-electron chi connectivity index (χ3n) is 4.76. The Labute approximate surface area is 148 Å². The van der Waals surface area contributed by atoms with E-state index in [0.717, 1.165) is 19.3 Å². The van der Waals surface area contributed by atoms with E-state index in [1.165, 1.54) is 15.2 Å². The van der Waals surface area contributed by atoms with Crippen LogP contribution in [-0.2, 0) is 6.54 Å². The van der Waals surface area contributed by atoms with Gasteiger partial charge in [-0.3, -0.25) is 9.59 Å². The van der Waals surface area contributed by atoms with Crippen molar-refractivity contribution in [1.29, 1.82) is 0 Å². The molecular formula is C19H17FN4O2. The van der Waals surface area contributed by atoms with Gasteiger partial charge in [-0.15, -0.1) is 0 Å². The summed E-state index contributed by atoms with van der Waals surface area (Å²) in [5, 5.41) is 8.10. The normalized spacial score (nSPS) is 14.2. The highest BCUT2D eigenvalue weighted by Gasteiger charge is 2.21. The Morgan fingerprint density at radius 1 is 1.00 bits per heavy atom. The molecule has 7 heteroatoms. The van der Waals surface area contributed by atoms with Gasteiger partial charge in [-0.2, -0.15) is 10.2 Å². The minimum absolute atomic E-state index is 0.143. The molecule has 0 radical (unpaired) electrons. The standard InChI is InChI=1S/C19H17FN4O2/c20-16-7-2-1-6-15(16)17-9-8-13(21-22-17)12-23-10-11-24(14-4-3-5-14)19(26)18(23)25/h1-2,6-11,14H,3-5,12H2. The summed E-state index contributed by atoms with van der Waals surface area (Å²) in [4.78, 5) is 24.5. The molecule has 0 spiro atoms. The third kappa shape index (κ3) is 2.96. The van der Waals surface area contributed by atoms with Crippen molar-refractivity contribution in [3.8, 4) is 11.3 Å². The Hall–Kier alpha value is -3.09. The minimum atomic E-state index is -0.570. The molecular weight excluding hydrogens is 335 g/mol. The van der Waals surface area contributed by atoms with Gasteiger partial charge in [-0.05, 0) is 43.5 Å². The first kappa shape index (κ1) is 16.4. The number of aromatic nitrogens is 4. The van der Waals surface area contributed by atoms with Gasteiger partial charge in [-0.25, -0.2) is 4.39 Å². The number of benzene rings is 1. The minimum Gasteiger partial charge on any atom is -0.306 e. The fourth-order valence-electron chi connectivity index (χ4n) is 3.03. The van der Waals surface area contributed by atoms with Crippen molar-refractivity contribution in [3.05, 3.63) is 81.0 Å². The molecule has 1 saturated carbocycles. The summed E-state index contributed by atoms with van der Waals surface area (Å²) in [6, 6.07) is 9.80. The zero-order valence-electron chi connectivity index (χ0n) is 14.0. The SMILES string of the molecule is O=c1c(=O)n(C2CCC2)ccn1Cc1ccc(-c2ccccc2F)nn1. The van der Waals surface area contributed by atoms with Crippen molar-refractivity contribution in [1.82, 2.24) is 19.3 Å². The second-order valence-corrected chi connectivity index (χ2v) is 6.42. The van der Waals surface area contributed by atoms with Crippen LogP contribution < -0.4 is 11.1 Å². The maximum atomic E-state index is 13.8. The highest BCUT2D eigenvalue weighted by molar-refractivity contribution is 5.58. The average Bonchev–Trinajstić information content (AvgIpc) is 2.61. The Morgan fingerprint density at radius 2 is 1.81 bits per heavy atom. The summed E-state index contributed by atoms with van der Waals surface area (Å²) in [5.74, 6) is -0.370. The molecule has 2 heterocycles. The number of nitrogens with zero attached hydrogens (tertiary/aromatic N) is 4. The van der Waals surface area contributed by atoms with E-state index in [1.54, 1.807) is 42.7 Å². The first-order chi connectivity index (χ1) is 12.6. The van der Waals surface area contributed by atoms with Gasteiger partial charge in [0.15, 0.2) is 0 Å². The maximum Gasteiger partial charge on any atom is 0.316 e. The molecule has 1 aromatic carbocycles. The lowest BCUT2D eigenvalue weighted by Gasteiger charge is -2.27. The molecule has 0 unspecified atom stereocenters. The van der Waals surface area contributed by atoms with Gasteiger partial charge in [0, 0.05) is 24.0 Å². The van der Waals surface area contributed by atoms with Crippen LogP contribution in [0.4, 0.5) is 4.39 Å². The molecule has 0 amide bonds. The highest BCUT2D eigenvalue weighted by Crippen LogP contribution is 2.29. The second kappa shape index (κ2) is 6.67. The quantitative estimate of drug-likeness (QED) is 0.676. The van der Waals surface area contributed by atoms with Gasteiger partial charge in [0.1, 0.15) is 5.82 Å². The molecule has 1 aliphatic carbocycles. The first-order valence-corrected chi connectivity index (χ1v) is 8.52. The first-order valence-electron chi connectivity index (χ1n) is 8.52. The average molecular weight is 352 g/mol. The third-order valence-corrected chi connectivity index (χ3v) is 4.76. The van der Waals surface area contributed by atoms with Crippen LogP contribution in [0.2, 0.25) is 0 Å². The van der Waals surface area contributed by atoms with Crippen LogP contribution in [-0.4, -0.2) is 19.3 Å². The lowest BCUT2D eigenvalue weighted by molar-refractivity contribution is 0.303. The van der Waals surface area contributed by atoms with Crippen molar-refractivity contribution in [2.45, 2.75) is 31.8 Å². The summed E-state index contributed by atoms with van der Waals surface area (Å²) in [6.45, 7) is 0.143. The van der Waals surface area contributed by atoms with E-state index in [2.05, 4.69) is 10.2 Å². The van der Waals surface area contributed by atoms with Crippen LogP contribution in [0.15, 0.2) is 58.4 Å². The summed E-state index contributed by atoms with van der Waals surface area (Å²) in [7, 11) is 0. The molecule has 4 rings (SSSR count). The largest absolute Gasteiger partial charge is 0.316 e. The predicted octanol–water partition coefficient (Wildman–Crippen LogP) is 2.38. The molecule has 0 aliphatic heterocycles. The van der Waals surface area contributed by atoms with Crippen LogP contribution >= 0.6 is 0 Å². The molecule has 2 aromatic heterocycles. The Balaban J connectivity index is 1.58. The van der Waals surface area contributed by atoms with E-state index in [4.69, 9.17) is 0 Å². The van der Waals surface area contributed by atoms with Crippen molar-refractivity contribution in [2.75, 3.05) is 0 Å². The van der Waals surface area contributed by atoms with Gasteiger partial charge in [0.05, 0.1) is 17.9 Å². The number of halogens is 1. The summed E-state index contributed by atoms with van der Waals surface area (Å²) in [6.07, 6.45) is 6.23. The molecule has 1 fully saturated rings.